The Morgan fingerprint density at radius 2 is 1.83 bits per heavy atom. The topological polar surface area (TPSA) is 92.7 Å². The lowest BCUT2D eigenvalue weighted by Crippen LogP contribution is -2.27. The highest BCUT2D eigenvalue weighted by Gasteiger charge is 2.13. The lowest BCUT2D eigenvalue weighted by molar-refractivity contribution is -0.121. The zero-order valence-corrected chi connectivity index (χ0v) is 17.0. The molecule has 4 rings (SSSR count). The van der Waals surface area contributed by atoms with Gasteiger partial charge >= 0.3 is 0 Å². The summed E-state index contributed by atoms with van der Waals surface area (Å²) in [4.78, 5) is 36.8. The number of carbonyl (C=O) groups excluding carboxylic acids is 1. The molecule has 0 fully saturated rings. The molecule has 0 saturated carbocycles. The number of amides is 1. The second-order valence-corrected chi connectivity index (χ2v) is 7.50. The lowest BCUT2D eigenvalue weighted by atomic mass is 10.1. The van der Waals surface area contributed by atoms with E-state index in [9.17, 15) is 9.59 Å². The summed E-state index contributed by atoms with van der Waals surface area (Å²) in [6.45, 7) is 2.53. The van der Waals surface area contributed by atoms with E-state index in [0.717, 1.165) is 36.1 Å². The molecule has 0 aliphatic carbocycles. The largest absolute Gasteiger partial charge is 0.346 e. The summed E-state index contributed by atoms with van der Waals surface area (Å²) in [5, 5.41) is 3.63. The SMILES string of the molecule is CC(NC(=O)CCCCCn1cnc2ccccc2c1=O)c1nc2ccccc2[nH]1. The van der Waals surface area contributed by atoms with Crippen molar-refractivity contribution in [2.24, 2.45) is 0 Å². The first-order valence-electron chi connectivity index (χ1n) is 10.3. The van der Waals surface area contributed by atoms with Crippen LogP contribution < -0.4 is 10.9 Å². The predicted molar refractivity (Wildman–Crippen MR) is 117 cm³/mol. The molecule has 4 aromatic rings. The zero-order valence-electron chi connectivity index (χ0n) is 17.0. The molecular weight excluding hydrogens is 378 g/mol. The van der Waals surface area contributed by atoms with Crippen molar-refractivity contribution < 1.29 is 4.79 Å². The summed E-state index contributed by atoms with van der Waals surface area (Å²) < 4.78 is 1.64. The van der Waals surface area contributed by atoms with Crippen LogP contribution in [0.3, 0.4) is 0 Å². The Labute approximate surface area is 174 Å². The highest BCUT2D eigenvalue weighted by molar-refractivity contribution is 5.78. The van der Waals surface area contributed by atoms with Gasteiger partial charge in [0.1, 0.15) is 5.82 Å². The summed E-state index contributed by atoms with van der Waals surface area (Å²) in [5.74, 6) is 0.764. The van der Waals surface area contributed by atoms with Crippen LogP contribution in [-0.2, 0) is 11.3 Å². The monoisotopic (exact) mass is 403 g/mol. The number of nitrogens with zero attached hydrogens (tertiary/aromatic N) is 3. The Balaban J connectivity index is 1.22. The molecule has 2 aromatic carbocycles. The summed E-state index contributed by atoms with van der Waals surface area (Å²) in [7, 11) is 0. The highest BCUT2D eigenvalue weighted by atomic mass is 16.1. The number of benzene rings is 2. The summed E-state index contributed by atoms with van der Waals surface area (Å²) in [6.07, 6.45) is 4.52. The maximum Gasteiger partial charge on any atom is 0.261 e. The number of H-pyrrole nitrogens is 1. The van der Waals surface area contributed by atoms with Crippen molar-refractivity contribution in [1.29, 1.82) is 0 Å². The molecule has 0 aliphatic rings. The van der Waals surface area contributed by atoms with Gasteiger partial charge < -0.3 is 10.3 Å². The van der Waals surface area contributed by atoms with Gasteiger partial charge in [0.05, 0.1) is 34.3 Å². The fourth-order valence-corrected chi connectivity index (χ4v) is 3.57. The molecule has 2 N–H and O–H groups in total. The molecule has 1 unspecified atom stereocenters. The van der Waals surface area contributed by atoms with Crippen molar-refractivity contribution in [2.75, 3.05) is 0 Å². The van der Waals surface area contributed by atoms with Crippen LogP contribution in [0.4, 0.5) is 0 Å². The molecule has 0 saturated heterocycles. The van der Waals surface area contributed by atoms with E-state index in [-0.39, 0.29) is 17.5 Å². The summed E-state index contributed by atoms with van der Waals surface area (Å²) >= 11 is 0. The first kappa shape index (κ1) is 19.8. The molecule has 7 nitrogen and oxygen atoms in total. The Morgan fingerprint density at radius 1 is 1.07 bits per heavy atom. The van der Waals surface area contributed by atoms with Gasteiger partial charge in [0.25, 0.3) is 5.56 Å². The maximum atomic E-state index is 12.5. The fourth-order valence-electron chi connectivity index (χ4n) is 3.57. The van der Waals surface area contributed by atoms with Crippen LogP contribution in [0.25, 0.3) is 21.9 Å². The smallest absolute Gasteiger partial charge is 0.261 e. The molecule has 1 amide bonds. The van der Waals surface area contributed by atoms with E-state index in [1.54, 1.807) is 17.0 Å². The molecule has 0 spiro atoms. The molecule has 0 radical (unpaired) electrons. The van der Waals surface area contributed by atoms with E-state index in [1.807, 2.05) is 49.4 Å². The van der Waals surface area contributed by atoms with Crippen LogP contribution in [0.5, 0.6) is 0 Å². The summed E-state index contributed by atoms with van der Waals surface area (Å²) in [6, 6.07) is 15.0. The Hall–Kier alpha value is -3.48. The van der Waals surface area contributed by atoms with Crippen LogP contribution >= 0.6 is 0 Å². The van der Waals surface area contributed by atoms with Crippen molar-refractivity contribution in [3.8, 4) is 0 Å². The number of rotatable bonds is 8. The molecule has 154 valence electrons. The van der Waals surface area contributed by atoms with E-state index < -0.39 is 0 Å². The predicted octanol–water partition coefficient (Wildman–Crippen LogP) is 3.71. The molecule has 0 aliphatic heterocycles. The first-order valence-corrected chi connectivity index (χ1v) is 10.3. The van der Waals surface area contributed by atoms with Crippen molar-refractivity contribution in [1.82, 2.24) is 24.8 Å². The number of carbonyl (C=O) groups is 1. The van der Waals surface area contributed by atoms with Crippen LogP contribution in [-0.4, -0.2) is 25.4 Å². The number of nitrogens with one attached hydrogen (secondary N) is 2. The van der Waals surface area contributed by atoms with Crippen molar-refractivity contribution in [3.05, 3.63) is 71.0 Å². The first-order chi connectivity index (χ1) is 14.6. The molecule has 1 atom stereocenters. The quantitative estimate of drug-likeness (QED) is 0.439. The standard InChI is InChI=1S/C23H25N5O2/c1-16(22-26-19-11-6-7-12-20(19)27-22)25-21(29)13-3-2-8-14-28-15-24-18-10-5-4-9-17(18)23(28)30/h4-7,9-12,15-16H,2-3,8,13-14H2,1H3,(H,25,29)(H,26,27). The minimum absolute atomic E-state index is 0.00694. The van der Waals surface area contributed by atoms with Gasteiger partial charge in [-0.25, -0.2) is 9.97 Å². The number of hydrogen-bond acceptors (Lipinski definition) is 4. The van der Waals surface area contributed by atoms with Gasteiger partial charge in [-0.3, -0.25) is 14.2 Å². The Morgan fingerprint density at radius 3 is 2.67 bits per heavy atom. The zero-order chi connectivity index (χ0) is 20.9. The summed E-state index contributed by atoms with van der Waals surface area (Å²) in [5.41, 5.74) is 2.56. The van der Waals surface area contributed by atoms with Crippen molar-refractivity contribution in [3.63, 3.8) is 0 Å². The minimum atomic E-state index is -0.174. The van der Waals surface area contributed by atoms with Gasteiger partial charge in [-0.2, -0.15) is 0 Å². The number of aromatic amines is 1. The van der Waals surface area contributed by atoms with Crippen molar-refractivity contribution >= 4 is 27.8 Å². The third-order valence-electron chi connectivity index (χ3n) is 5.23. The Kier molecular flexibility index (Phi) is 5.88. The number of unbranched alkanes of at least 4 members (excludes halogenated alkanes) is 2. The van der Waals surface area contributed by atoms with E-state index in [0.29, 0.717) is 23.9 Å². The molecule has 30 heavy (non-hydrogen) atoms. The molecular formula is C23H25N5O2. The van der Waals surface area contributed by atoms with E-state index >= 15 is 0 Å². The number of aryl methyl sites for hydroxylation is 1. The number of aromatic nitrogens is 4. The van der Waals surface area contributed by atoms with Gasteiger partial charge in [0.2, 0.25) is 5.91 Å². The fraction of sp³-hybridized carbons (Fsp3) is 0.304. The van der Waals surface area contributed by atoms with Crippen LogP contribution in [0.1, 0.15) is 44.5 Å². The van der Waals surface area contributed by atoms with Gasteiger partial charge in [-0.1, -0.05) is 30.7 Å². The van der Waals surface area contributed by atoms with Crippen LogP contribution in [0.2, 0.25) is 0 Å². The van der Waals surface area contributed by atoms with E-state index in [1.165, 1.54) is 0 Å². The third-order valence-corrected chi connectivity index (χ3v) is 5.23. The van der Waals surface area contributed by atoms with Crippen molar-refractivity contribution in [2.45, 2.75) is 45.2 Å². The lowest BCUT2D eigenvalue weighted by Gasteiger charge is -2.11. The number of hydrogen-bond donors (Lipinski definition) is 2. The highest BCUT2D eigenvalue weighted by Crippen LogP contribution is 2.15. The molecule has 2 aromatic heterocycles. The van der Waals surface area contributed by atoms with E-state index in [2.05, 4.69) is 20.3 Å². The van der Waals surface area contributed by atoms with Gasteiger partial charge in [0, 0.05) is 13.0 Å². The van der Waals surface area contributed by atoms with Gasteiger partial charge in [0.15, 0.2) is 0 Å². The third kappa shape index (κ3) is 4.40. The van der Waals surface area contributed by atoms with E-state index in [4.69, 9.17) is 0 Å². The number of para-hydroxylation sites is 3. The average molecular weight is 403 g/mol. The van der Waals surface area contributed by atoms with Gasteiger partial charge in [-0.15, -0.1) is 0 Å². The normalized spacial score (nSPS) is 12.3. The van der Waals surface area contributed by atoms with Crippen LogP contribution in [0.15, 0.2) is 59.7 Å². The van der Waals surface area contributed by atoms with Gasteiger partial charge in [-0.05, 0) is 44.0 Å². The minimum Gasteiger partial charge on any atom is -0.346 e. The second-order valence-electron chi connectivity index (χ2n) is 7.50. The number of fused-ring (bicyclic) bond motifs is 2. The van der Waals surface area contributed by atoms with Crippen LogP contribution in [0, 0.1) is 0 Å². The average Bonchev–Trinajstić information content (AvgIpc) is 3.20. The maximum absolute atomic E-state index is 12.5. The molecule has 7 heteroatoms. The Bertz CT molecular complexity index is 1190. The number of imidazole rings is 1. The molecule has 0 bridgehead atoms. The second kappa shape index (κ2) is 8.90. The molecule has 2 heterocycles.